The van der Waals surface area contributed by atoms with Crippen molar-refractivity contribution in [2.75, 3.05) is 32.0 Å². The van der Waals surface area contributed by atoms with Crippen LogP contribution in [0.1, 0.15) is 32.8 Å². The number of hydrogen-bond acceptors (Lipinski definition) is 3. The zero-order valence-electron chi connectivity index (χ0n) is 13.8. The lowest BCUT2D eigenvalue weighted by Crippen LogP contribution is -2.40. The lowest BCUT2D eigenvalue weighted by atomic mass is 9.93. The van der Waals surface area contributed by atoms with Crippen molar-refractivity contribution >= 4 is 11.6 Å². The summed E-state index contributed by atoms with van der Waals surface area (Å²) in [6.45, 7) is 8.15. The van der Waals surface area contributed by atoms with Crippen LogP contribution in [0.2, 0.25) is 0 Å². The Hall–Kier alpha value is -1.39. The van der Waals surface area contributed by atoms with Crippen molar-refractivity contribution in [1.29, 1.82) is 0 Å². The van der Waals surface area contributed by atoms with Gasteiger partial charge in [0.2, 0.25) is 5.91 Å². The minimum absolute atomic E-state index is 0.00793. The molecule has 0 bridgehead atoms. The van der Waals surface area contributed by atoms with E-state index in [1.54, 1.807) is 0 Å². The van der Waals surface area contributed by atoms with Gasteiger partial charge in [-0.05, 0) is 43.1 Å². The van der Waals surface area contributed by atoms with Gasteiger partial charge in [0.25, 0.3) is 0 Å². The molecule has 0 spiro atoms. The summed E-state index contributed by atoms with van der Waals surface area (Å²) in [6.07, 6.45) is 2.21. The van der Waals surface area contributed by atoms with E-state index in [1.807, 2.05) is 24.1 Å². The molecule has 1 aromatic rings. The predicted octanol–water partition coefficient (Wildman–Crippen LogP) is 2.49. The summed E-state index contributed by atoms with van der Waals surface area (Å²) in [6, 6.07) is 8.07. The smallest absolute Gasteiger partial charge is 0.238 e. The molecule has 4 nitrogen and oxygen atoms in total. The summed E-state index contributed by atoms with van der Waals surface area (Å²) in [5.41, 5.74) is 7.90. The van der Waals surface area contributed by atoms with Crippen LogP contribution in [0.25, 0.3) is 0 Å². The molecule has 0 atom stereocenters. The van der Waals surface area contributed by atoms with E-state index in [-0.39, 0.29) is 11.3 Å². The Morgan fingerprint density at radius 2 is 1.90 bits per heavy atom. The van der Waals surface area contributed by atoms with Crippen molar-refractivity contribution < 1.29 is 4.79 Å². The average molecular weight is 291 g/mol. The number of aryl methyl sites for hydroxylation is 1. The standard InChI is InChI=1S/C17H29N3O/c1-5-6-14-7-9-15(10-8-14)19-16(21)11-20(4)13-17(2,3)12-18/h7-10H,5-6,11-13,18H2,1-4H3,(H,19,21). The van der Waals surface area contributed by atoms with E-state index in [4.69, 9.17) is 5.73 Å². The maximum absolute atomic E-state index is 12.0. The van der Waals surface area contributed by atoms with Crippen molar-refractivity contribution in [2.24, 2.45) is 11.1 Å². The maximum atomic E-state index is 12.0. The Morgan fingerprint density at radius 1 is 1.29 bits per heavy atom. The molecular formula is C17H29N3O. The zero-order valence-corrected chi connectivity index (χ0v) is 13.8. The Morgan fingerprint density at radius 3 is 2.43 bits per heavy atom. The number of anilines is 1. The molecule has 1 rings (SSSR count). The molecule has 1 amide bonds. The number of carbonyl (C=O) groups excluding carboxylic acids is 1. The molecule has 0 heterocycles. The molecule has 0 unspecified atom stereocenters. The molecular weight excluding hydrogens is 262 g/mol. The van der Waals surface area contributed by atoms with Gasteiger partial charge in [-0.2, -0.15) is 0 Å². The van der Waals surface area contributed by atoms with Crippen LogP contribution in [0.5, 0.6) is 0 Å². The third-order valence-corrected chi connectivity index (χ3v) is 3.44. The first-order valence-corrected chi connectivity index (χ1v) is 7.63. The average Bonchev–Trinajstić information content (AvgIpc) is 2.40. The SMILES string of the molecule is CCCc1ccc(NC(=O)CN(C)CC(C)(C)CN)cc1. The second-order valence-electron chi connectivity index (χ2n) is 6.54. The molecule has 21 heavy (non-hydrogen) atoms. The van der Waals surface area contributed by atoms with Crippen LogP contribution in [0.4, 0.5) is 5.69 Å². The summed E-state index contributed by atoms with van der Waals surface area (Å²) in [4.78, 5) is 14.0. The number of rotatable bonds is 8. The van der Waals surface area contributed by atoms with Crippen molar-refractivity contribution in [3.63, 3.8) is 0 Å². The Bertz CT molecular complexity index is 440. The second-order valence-corrected chi connectivity index (χ2v) is 6.54. The normalized spacial score (nSPS) is 11.7. The predicted molar refractivity (Wildman–Crippen MR) is 89.4 cm³/mol. The first-order chi connectivity index (χ1) is 9.86. The quantitative estimate of drug-likeness (QED) is 0.773. The summed E-state index contributed by atoms with van der Waals surface area (Å²) < 4.78 is 0. The largest absolute Gasteiger partial charge is 0.330 e. The van der Waals surface area contributed by atoms with Crippen molar-refractivity contribution in [2.45, 2.75) is 33.6 Å². The molecule has 3 N–H and O–H groups in total. The zero-order chi connectivity index (χ0) is 15.9. The van der Waals surface area contributed by atoms with Gasteiger partial charge in [-0.15, -0.1) is 0 Å². The monoisotopic (exact) mass is 291 g/mol. The number of hydrogen-bond donors (Lipinski definition) is 2. The van der Waals surface area contributed by atoms with Gasteiger partial charge < -0.3 is 11.1 Å². The fraction of sp³-hybridized carbons (Fsp3) is 0.588. The number of likely N-dealkylation sites (N-methyl/N-ethyl adjacent to an activating group) is 1. The van der Waals surface area contributed by atoms with E-state index in [1.165, 1.54) is 5.56 Å². The molecule has 0 fully saturated rings. The van der Waals surface area contributed by atoms with Crippen LogP contribution < -0.4 is 11.1 Å². The van der Waals surface area contributed by atoms with E-state index in [0.717, 1.165) is 25.1 Å². The number of amides is 1. The summed E-state index contributed by atoms with van der Waals surface area (Å²) >= 11 is 0. The Labute approximate surface area is 128 Å². The van der Waals surface area contributed by atoms with Gasteiger partial charge in [-0.25, -0.2) is 0 Å². The molecule has 0 aliphatic carbocycles. The number of carbonyl (C=O) groups is 1. The van der Waals surface area contributed by atoms with Crippen LogP contribution in [-0.4, -0.2) is 37.5 Å². The third-order valence-electron chi connectivity index (χ3n) is 3.44. The first-order valence-electron chi connectivity index (χ1n) is 7.63. The highest BCUT2D eigenvalue weighted by atomic mass is 16.2. The highest BCUT2D eigenvalue weighted by molar-refractivity contribution is 5.92. The Kier molecular flexibility index (Phi) is 6.85. The van der Waals surface area contributed by atoms with Crippen LogP contribution in [0.15, 0.2) is 24.3 Å². The van der Waals surface area contributed by atoms with Gasteiger partial charge in [-0.3, -0.25) is 9.69 Å². The first kappa shape index (κ1) is 17.7. The molecule has 0 radical (unpaired) electrons. The third kappa shape index (κ3) is 6.74. The van der Waals surface area contributed by atoms with Crippen LogP contribution in [0.3, 0.4) is 0 Å². The van der Waals surface area contributed by atoms with Crippen LogP contribution >= 0.6 is 0 Å². The van der Waals surface area contributed by atoms with E-state index in [9.17, 15) is 4.79 Å². The number of nitrogens with zero attached hydrogens (tertiary/aromatic N) is 1. The minimum atomic E-state index is 0.00793. The molecule has 118 valence electrons. The number of nitrogens with two attached hydrogens (primary N) is 1. The Balaban J connectivity index is 2.46. The van der Waals surface area contributed by atoms with Gasteiger partial charge in [0, 0.05) is 12.2 Å². The lowest BCUT2D eigenvalue weighted by Gasteiger charge is -2.28. The molecule has 0 aliphatic heterocycles. The number of nitrogens with one attached hydrogen (secondary N) is 1. The summed E-state index contributed by atoms with van der Waals surface area (Å²) in [5.74, 6) is 0.00793. The summed E-state index contributed by atoms with van der Waals surface area (Å²) in [5, 5.41) is 2.93. The van der Waals surface area contributed by atoms with Crippen molar-refractivity contribution in [1.82, 2.24) is 4.90 Å². The van der Waals surface area contributed by atoms with E-state index < -0.39 is 0 Å². The minimum Gasteiger partial charge on any atom is -0.330 e. The van der Waals surface area contributed by atoms with Gasteiger partial charge in [0.15, 0.2) is 0 Å². The molecule has 0 aliphatic rings. The van der Waals surface area contributed by atoms with Gasteiger partial charge in [0.1, 0.15) is 0 Å². The number of benzene rings is 1. The molecule has 0 saturated heterocycles. The van der Waals surface area contributed by atoms with Crippen molar-refractivity contribution in [3.05, 3.63) is 29.8 Å². The van der Waals surface area contributed by atoms with Crippen LogP contribution in [0, 0.1) is 5.41 Å². The topological polar surface area (TPSA) is 58.4 Å². The van der Waals surface area contributed by atoms with Gasteiger partial charge in [0.05, 0.1) is 6.54 Å². The molecule has 4 heteroatoms. The van der Waals surface area contributed by atoms with Gasteiger partial charge >= 0.3 is 0 Å². The van der Waals surface area contributed by atoms with Gasteiger partial charge in [-0.1, -0.05) is 39.3 Å². The second kappa shape index (κ2) is 8.15. The van der Waals surface area contributed by atoms with E-state index in [0.29, 0.717) is 13.1 Å². The van der Waals surface area contributed by atoms with Crippen molar-refractivity contribution in [3.8, 4) is 0 Å². The summed E-state index contributed by atoms with van der Waals surface area (Å²) in [7, 11) is 1.95. The van der Waals surface area contributed by atoms with Crippen LogP contribution in [-0.2, 0) is 11.2 Å². The molecule has 0 aromatic heterocycles. The highest BCUT2D eigenvalue weighted by Gasteiger charge is 2.19. The maximum Gasteiger partial charge on any atom is 0.238 e. The highest BCUT2D eigenvalue weighted by Crippen LogP contribution is 2.14. The lowest BCUT2D eigenvalue weighted by molar-refractivity contribution is -0.117. The van der Waals surface area contributed by atoms with E-state index >= 15 is 0 Å². The van der Waals surface area contributed by atoms with E-state index in [2.05, 4.69) is 38.2 Å². The molecule has 0 saturated carbocycles. The fourth-order valence-electron chi connectivity index (χ4n) is 2.34. The fourth-order valence-corrected chi connectivity index (χ4v) is 2.34. The molecule has 1 aromatic carbocycles.